The van der Waals surface area contributed by atoms with E-state index >= 15 is 0 Å². The molecule has 0 bridgehead atoms. The molecule has 1 aromatic heterocycles. The van der Waals surface area contributed by atoms with E-state index in [4.69, 9.17) is 5.11 Å². The number of hydrogen-bond acceptors (Lipinski definition) is 3. The summed E-state index contributed by atoms with van der Waals surface area (Å²) >= 11 is 0. The van der Waals surface area contributed by atoms with Crippen molar-refractivity contribution in [3.63, 3.8) is 0 Å². The summed E-state index contributed by atoms with van der Waals surface area (Å²) in [5.74, 6) is -1.07. The first-order chi connectivity index (χ1) is 8.06. The van der Waals surface area contributed by atoms with Crippen LogP contribution >= 0.6 is 0 Å². The maximum Gasteiger partial charge on any atom is 0.356 e. The maximum atomic E-state index is 10.7. The molecular weight excluding hydrogens is 216 g/mol. The molecule has 1 aromatic carbocycles. The van der Waals surface area contributed by atoms with Crippen LogP contribution in [0.4, 0.5) is 0 Å². The van der Waals surface area contributed by atoms with Crippen LogP contribution in [0.1, 0.15) is 21.6 Å². The molecule has 0 atom stereocenters. The number of carbonyl (C=O) groups is 1. The van der Waals surface area contributed by atoms with E-state index < -0.39 is 5.97 Å². The number of hydrogen-bond donors (Lipinski definition) is 1. The van der Waals surface area contributed by atoms with E-state index in [1.165, 1.54) is 6.07 Å². The Hall–Kier alpha value is -2.23. The highest BCUT2D eigenvalue weighted by molar-refractivity contribution is 5.85. The second-order valence-electron chi connectivity index (χ2n) is 3.99. The van der Waals surface area contributed by atoms with Crippen LogP contribution in [0, 0.1) is 13.8 Å². The van der Waals surface area contributed by atoms with Crippen molar-refractivity contribution in [1.82, 2.24) is 10.2 Å². The van der Waals surface area contributed by atoms with Crippen molar-refractivity contribution < 1.29 is 9.90 Å². The van der Waals surface area contributed by atoms with Gasteiger partial charge < -0.3 is 5.11 Å². The first-order valence-electron chi connectivity index (χ1n) is 5.22. The quantitative estimate of drug-likeness (QED) is 0.857. The molecule has 0 unspecified atom stereocenters. The van der Waals surface area contributed by atoms with Gasteiger partial charge in [0.15, 0.2) is 5.69 Å². The Labute approximate surface area is 98.9 Å². The van der Waals surface area contributed by atoms with Gasteiger partial charge in [0.2, 0.25) is 0 Å². The predicted molar refractivity (Wildman–Crippen MR) is 63.9 cm³/mol. The van der Waals surface area contributed by atoms with Crippen molar-refractivity contribution in [2.45, 2.75) is 13.8 Å². The number of aromatic carboxylic acids is 1. The first kappa shape index (κ1) is 11.3. The van der Waals surface area contributed by atoms with Crippen LogP contribution in [0.2, 0.25) is 0 Å². The topological polar surface area (TPSA) is 63.1 Å². The fraction of sp³-hybridized carbons (Fsp3) is 0.154. The minimum Gasteiger partial charge on any atom is -0.476 e. The highest BCUT2D eigenvalue weighted by Crippen LogP contribution is 2.19. The zero-order chi connectivity index (χ0) is 12.4. The Morgan fingerprint density at radius 3 is 2.18 bits per heavy atom. The molecule has 0 aliphatic carbocycles. The summed E-state index contributed by atoms with van der Waals surface area (Å²) in [5.41, 5.74) is 3.88. The number of benzene rings is 1. The molecule has 0 saturated carbocycles. The Balaban J connectivity index is 2.43. The molecule has 2 rings (SSSR count). The van der Waals surface area contributed by atoms with Crippen molar-refractivity contribution in [2.24, 2.45) is 0 Å². The van der Waals surface area contributed by atoms with Gasteiger partial charge in [0.1, 0.15) is 0 Å². The van der Waals surface area contributed by atoms with Gasteiger partial charge in [0, 0.05) is 5.56 Å². The van der Waals surface area contributed by atoms with Gasteiger partial charge >= 0.3 is 5.97 Å². The van der Waals surface area contributed by atoms with E-state index in [0.717, 1.165) is 16.7 Å². The summed E-state index contributed by atoms with van der Waals surface area (Å²) in [6, 6.07) is 9.20. The Morgan fingerprint density at radius 1 is 1.06 bits per heavy atom. The van der Waals surface area contributed by atoms with E-state index in [9.17, 15) is 4.79 Å². The molecule has 1 N–H and O–H groups in total. The van der Waals surface area contributed by atoms with Gasteiger partial charge in [-0.15, -0.1) is 10.2 Å². The summed E-state index contributed by atoms with van der Waals surface area (Å²) in [4.78, 5) is 10.7. The van der Waals surface area contributed by atoms with Gasteiger partial charge in [0.25, 0.3) is 0 Å². The van der Waals surface area contributed by atoms with Gasteiger partial charge in [-0.25, -0.2) is 4.79 Å². The third-order valence-electron chi connectivity index (χ3n) is 2.40. The number of carboxylic acid groups (broad SMARTS) is 1. The molecule has 0 saturated heterocycles. The minimum atomic E-state index is -1.07. The predicted octanol–water partition coefficient (Wildman–Crippen LogP) is 2.46. The molecule has 2 aromatic rings. The van der Waals surface area contributed by atoms with Crippen LogP contribution in [0.3, 0.4) is 0 Å². The van der Waals surface area contributed by atoms with Gasteiger partial charge in [-0.1, -0.05) is 17.2 Å². The number of nitrogens with zero attached hydrogens (tertiary/aromatic N) is 2. The van der Waals surface area contributed by atoms with Gasteiger partial charge in [-0.05, 0) is 38.1 Å². The highest BCUT2D eigenvalue weighted by atomic mass is 16.4. The Kier molecular flexibility index (Phi) is 2.87. The number of aryl methyl sites for hydroxylation is 2. The first-order valence-corrected chi connectivity index (χ1v) is 5.22. The summed E-state index contributed by atoms with van der Waals surface area (Å²) in [6.07, 6.45) is 0. The number of aromatic nitrogens is 2. The third-order valence-corrected chi connectivity index (χ3v) is 2.40. The lowest BCUT2D eigenvalue weighted by Gasteiger charge is -2.03. The van der Waals surface area contributed by atoms with Crippen LogP contribution < -0.4 is 0 Å². The molecule has 0 amide bonds. The van der Waals surface area contributed by atoms with E-state index in [-0.39, 0.29) is 5.69 Å². The SMILES string of the molecule is Cc1cc(C)cc(-c2ccc(C(=O)O)nn2)c1. The fourth-order valence-electron chi connectivity index (χ4n) is 1.72. The average molecular weight is 228 g/mol. The maximum absolute atomic E-state index is 10.7. The summed E-state index contributed by atoms with van der Waals surface area (Å²) in [6.45, 7) is 4.02. The summed E-state index contributed by atoms with van der Waals surface area (Å²) < 4.78 is 0. The standard InChI is InChI=1S/C13H12N2O2/c1-8-5-9(2)7-10(6-8)11-3-4-12(13(16)17)15-14-11/h3-7H,1-2H3,(H,16,17). The molecule has 4 nitrogen and oxygen atoms in total. The largest absolute Gasteiger partial charge is 0.476 e. The summed E-state index contributed by atoms with van der Waals surface area (Å²) in [7, 11) is 0. The fourth-order valence-corrected chi connectivity index (χ4v) is 1.72. The van der Waals surface area contributed by atoms with E-state index in [1.54, 1.807) is 6.07 Å². The van der Waals surface area contributed by atoms with Crippen molar-refractivity contribution in [1.29, 1.82) is 0 Å². The molecule has 0 aliphatic rings. The van der Waals surface area contributed by atoms with Crippen LogP contribution in [-0.2, 0) is 0 Å². The Bertz CT molecular complexity index is 542. The van der Waals surface area contributed by atoms with Crippen LogP contribution in [-0.4, -0.2) is 21.3 Å². The third kappa shape index (κ3) is 2.47. The average Bonchev–Trinajstić information content (AvgIpc) is 2.28. The highest BCUT2D eigenvalue weighted by Gasteiger charge is 2.06. The van der Waals surface area contributed by atoms with E-state index in [2.05, 4.69) is 16.3 Å². The van der Waals surface area contributed by atoms with Crippen molar-refractivity contribution in [3.05, 3.63) is 47.2 Å². The zero-order valence-electron chi connectivity index (χ0n) is 9.64. The van der Waals surface area contributed by atoms with Crippen molar-refractivity contribution >= 4 is 5.97 Å². The lowest BCUT2D eigenvalue weighted by Crippen LogP contribution is -2.02. The molecule has 4 heteroatoms. The molecular formula is C13H12N2O2. The van der Waals surface area contributed by atoms with Crippen LogP contribution in [0.15, 0.2) is 30.3 Å². The minimum absolute atomic E-state index is 0.0434. The summed E-state index contributed by atoms with van der Waals surface area (Å²) in [5, 5.41) is 16.3. The van der Waals surface area contributed by atoms with E-state index in [1.807, 2.05) is 26.0 Å². The zero-order valence-corrected chi connectivity index (χ0v) is 9.64. The molecule has 86 valence electrons. The number of rotatable bonds is 2. The normalized spacial score (nSPS) is 10.2. The monoisotopic (exact) mass is 228 g/mol. The smallest absolute Gasteiger partial charge is 0.356 e. The second-order valence-corrected chi connectivity index (χ2v) is 3.99. The molecule has 0 spiro atoms. The molecule has 0 fully saturated rings. The van der Waals surface area contributed by atoms with Crippen LogP contribution in [0.25, 0.3) is 11.3 Å². The van der Waals surface area contributed by atoms with E-state index in [0.29, 0.717) is 5.69 Å². The van der Waals surface area contributed by atoms with Crippen molar-refractivity contribution in [2.75, 3.05) is 0 Å². The van der Waals surface area contributed by atoms with Gasteiger partial charge in [-0.3, -0.25) is 0 Å². The van der Waals surface area contributed by atoms with Crippen LogP contribution in [0.5, 0.6) is 0 Å². The molecule has 1 heterocycles. The second kappa shape index (κ2) is 4.33. The lowest BCUT2D eigenvalue weighted by atomic mass is 10.0. The lowest BCUT2D eigenvalue weighted by molar-refractivity contribution is 0.0689. The number of carboxylic acids is 1. The van der Waals surface area contributed by atoms with Gasteiger partial charge in [0.05, 0.1) is 5.69 Å². The molecule has 17 heavy (non-hydrogen) atoms. The molecule has 0 aliphatic heterocycles. The van der Waals surface area contributed by atoms with Gasteiger partial charge in [-0.2, -0.15) is 0 Å². The molecule has 0 radical (unpaired) electrons. The Morgan fingerprint density at radius 2 is 1.71 bits per heavy atom. The van der Waals surface area contributed by atoms with Crippen molar-refractivity contribution in [3.8, 4) is 11.3 Å².